The molecule has 1 aromatic rings. The maximum absolute atomic E-state index is 5.92. The van der Waals surface area contributed by atoms with Crippen LogP contribution in [0.25, 0.3) is 0 Å². The predicted molar refractivity (Wildman–Crippen MR) is 62.5 cm³/mol. The summed E-state index contributed by atoms with van der Waals surface area (Å²) in [5.41, 5.74) is 1.34. The molecule has 0 heterocycles. The molecule has 0 nitrogen and oxygen atoms in total. The molecule has 0 saturated heterocycles. The minimum absolute atomic E-state index is 0.504. The van der Waals surface area contributed by atoms with Gasteiger partial charge in [0.15, 0.2) is 0 Å². The van der Waals surface area contributed by atoms with Gasteiger partial charge in [0.25, 0.3) is 0 Å². The Kier molecular flexibility index (Phi) is 4.82. The second kappa shape index (κ2) is 5.66. The average Bonchev–Trinajstić information content (AvgIpc) is 2.14. The lowest BCUT2D eigenvalue weighted by molar-refractivity contribution is 0.670. The van der Waals surface area contributed by atoms with Crippen molar-refractivity contribution < 1.29 is 0 Å². The van der Waals surface area contributed by atoms with E-state index >= 15 is 0 Å². The van der Waals surface area contributed by atoms with Gasteiger partial charge in [-0.1, -0.05) is 41.4 Å². The number of hydrogen-bond acceptors (Lipinski definition) is 0. The van der Waals surface area contributed by atoms with Gasteiger partial charge in [-0.25, -0.2) is 0 Å². The smallest absolute Gasteiger partial charge is 0.0292 e. The van der Waals surface area contributed by atoms with Gasteiger partial charge in [0.2, 0.25) is 0 Å². The van der Waals surface area contributed by atoms with Gasteiger partial charge >= 0.3 is 0 Å². The van der Waals surface area contributed by atoms with E-state index in [2.05, 4.69) is 41.1 Å². The summed E-state index contributed by atoms with van der Waals surface area (Å²) in [6, 6.07) is 8.41. The van der Waals surface area contributed by atoms with Crippen LogP contribution in [0.3, 0.4) is 0 Å². The lowest BCUT2D eigenvalue weighted by Crippen LogP contribution is -1.99. The zero-order chi connectivity index (χ0) is 9.68. The molecule has 13 heavy (non-hydrogen) atoms. The lowest BCUT2D eigenvalue weighted by atomic mass is 9.97. The molecule has 1 aromatic carbocycles. The topological polar surface area (TPSA) is 0 Å². The number of hydrogen-bond donors (Lipinski definition) is 0. The highest BCUT2D eigenvalue weighted by Gasteiger charge is 2.08. The molecule has 0 radical (unpaired) electrons. The summed E-state index contributed by atoms with van der Waals surface area (Å²) in [6.07, 6.45) is 2.35. The van der Waals surface area contributed by atoms with E-state index < -0.39 is 0 Å². The van der Waals surface area contributed by atoms with E-state index in [1.54, 1.807) is 0 Å². The molecule has 0 aromatic heterocycles. The number of halogens is 2. The first-order valence-electron chi connectivity index (χ1n) is 4.59. The quantitative estimate of drug-likeness (QED) is 0.697. The molecule has 1 unspecified atom stereocenters. The van der Waals surface area contributed by atoms with E-state index in [1.165, 1.54) is 18.4 Å². The highest BCUT2D eigenvalue weighted by molar-refractivity contribution is 9.10. The Bertz CT molecular complexity index is 260. The Balaban J connectivity index is 2.78. The molecule has 1 atom stereocenters. The summed E-state index contributed by atoms with van der Waals surface area (Å²) >= 11 is 9.39. The van der Waals surface area contributed by atoms with Gasteiger partial charge in [-0.2, -0.15) is 0 Å². The maximum Gasteiger partial charge on any atom is 0.0292 e. The normalized spacial score (nSPS) is 12.8. The molecule has 0 fully saturated rings. The van der Waals surface area contributed by atoms with Crippen molar-refractivity contribution in [1.29, 1.82) is 0 Å². The molecule has 2 heteroatoms. The van der Waals surface area contributed by atoms with Crippen LogP contribution in [0, 0.1) is 0 Å². The summed E-state index contributed by atoms with van der Waals surface area (Å²) in [6.45, 7) is 2.19. The van der Waals surface area contributed by atoms with Crippen molar-refractivity contribution >= 4 is 27.5 Å². The Morgan fingerprint density at radius 1 is 1.46 bits per heavy atom. The zero-order valence-electron chi connectivity index (χ0n) is 7.76. The molecular formula is C11H14BrCl. The predicted octanol–water partition coefficient (Wildman–Crippen LogP) is 4.57. The summed E-state index contributed by atoms with van der Waals surface area (Å²) in [7, 11) is 0. The minimum Gasteiger partial charge on any atom is -0.126 e. The molecule has 0 bridgehead atoms. The van der Waals surface area contributed by atoms with Crippen molar-refractivity contribution in [2.24, 2.45) is 0 Å². The van der Waals surface area contributed by atoms with E-state index in [0.717, 1.165) is 4.47 Å². The Morgan fingerprint density at radius 3 is 2.77 bits per heavy atom. The van der Waals surface area contributed by atoms with Crippen LogP contribution in [0.15, 0.2) is 28.7 Å². The Labute approximate surface area is 93.4 Å². The van der Waals surface area contributed by atoms with E-state index in [0.29, 0.717) is 11.8 Å². The van der Waals surface area contributed by atoms with Crippen molar-refractivity contribution in [3.63, 3.8) is 0 Å². The second-order valence-electron chi connectivity index (χ2n) is 3.19. The van der Waals surface area contributed by atoms with Crippen LogP contribution in [0.4, 0.5) is 0 Å². The van der Waals surface area contributed by atoms with Crippen LogP contribution in [0.1, 0.15) is 31.2 Å². The Morgan fingerprint density at radius 2 is 2.23 bits per heavy atom. The largest absolute Gasteiger partial charge is 0.126 e. The minimum atomic E-state index is 0.504. The highest BCUT2D eigenvalue weighted by atomic mass is 79.9. The highest BCUT2D eigenvalue weighted by Crippen LogP contribution is 2.24. The van der Waals surface area contributed by atoms with Crippen molar-refractivity contribution in [2.75, 3.05) is 5.88 Å². The standard InChI is InChI=1S/C11H14BrCl/c1-2-4-10(8-13)9-5-3-6-11(12)7-9/h3,5-7,10H,2,4,8H2,1H3. The van der Waals surface area contributed by atoms with Gasteiger partial charge < -0.3 is 0 Å². The van der Waals surface area contributed by atoms with E-state index in [-0.39, 0.29) is 0 Å². The van der Waals surface area contributed by atoms with Gasteiger partial charge in [-0.15, -0.1) is 11.6 Å². The summed E-state index contributed by atoms with van der Waals surface area (Å²) in [5, 5.41) is 0. The molecule has 0 aliphatic heterocycles. The molecule has 72 valence electrons. The van der Waals surface area contributed by atoms with Gasteiger partial charge in [-0.3, -0.25) is 0 Å². The van der Waals surface area contributed by atoms with Crippen LogP contribution >= 0.6 is 27.5 Å². The first-order chi connectivity index (χ1) is 6.27. The van der Waals surface area contributed by atoms with E-state index in [1.807, 2.05) is 6.07 Å². The van der Waals surface area contributed by atoms with Gasteiger partial charge in [0, 0.05) is 10.4 Å². The third kappa shape index (κ3) is 3.32. The number of alkyl halides is 1. The maximum atomic E-state index is 5.92. The van der Waals surface area contributed by atoms with Gasteiger partial charge in [0.05, 0.1) is 0 Å². The first kappa shape index (κ1) is 11.1. The molecule has 0 amide bonds. The molecule has 0 N–H and O–H groups in total. The molecule has 0 aliphatic rings. The second-order valence-corrected chi connectivity index (χ2v) is 4.42. The summed E-state index contributed by atoms with van der Waals surface area (Å²) in [5.74, 6) is 1.22. The van der Waals surface area contributed by atoms with Crippen LogP contribution in [-0.4, -0.2) is 5.88 Å². The summed E-state index contributed by atoms with van der Waals surface area (Å²) in [4.78, 5) is 0. The number of rotatable bonds is 4. The third-order valence-corrected chi connectivity index (χ3v) is 3.01. The average molecular weight is 262 g/mol. The van der Waals surface area contributed by atoms with Crippen molar-refractivity contribution in [2.45, 2.75) is 25.7 Å². The van der Waals surface area contributed by atoms with E-state index in [9.17, 15) is 0 Å². The molecule has 0 spiro atoms. The Hall–Kier alpha value is -0.0100. The lowest BCUT2D eigenvalue weighted by Gasteiger charge is -2.12. The van der Waals surface area contributed by atoms with E-state index in [4.69, 9.17) is 11.6 Å². The monoisotopic (exact) mass is 260 g/mol. The van der Waals surface area contributed by atoms with Crippen molar-refractivity contribution in [1.82, 2.24) is 0 Å². The zero-order valence-corrected chi connectivity index (χ0v) is 10.1. The molecular weight excluding hydrogens is 247 g/mol. The molecule has 0 aliphatic carbocycles. The fourth-order valence-electron chi connectivity index (χ4n) is 1.44. The fraction of sp³-hybridized carbons (Fsp3) is 0.455. The van der Waals surface area contributed by atoms with Crippen LogP contribution in [-0.2, 0) is 0 Å². The van der Waals surface area contributed by atoms with Crippen LogP contribution in [0.5, 0.6) is 0 Å². The third-order valence-electron chi connectivity index (χ3n) is 2.14. The van der Waals surface area contributed by atoms with Crippen LogP contribution in [0.2, 0.25) is 0 Å². The summed E-state index contributed by atoms with van der Waals surface area (Å²) < 4.78 is 1.14. The SMILES string of the molecule is CCCC(CCl)c1cccc(Br)c1. The van der Waals surface area contributed by atoms with Gasteiger partial charge in [-0.05, 0) is 30.0 Å². The molecule has 0 saturated carbocycles. The van der Waals surface area contributed by atoms with Crippen molar-refractivity contribution in [3.05, 3.63) is 34.3 Å². The van der Waals surface area contributed by atoms with Crippen molar-refractivity contribution in [3.8, 4) is 0 Å². The number of benzene rings is 1. The first-order valence-corrected chi connectivity index (χ1v) is 5.92. The molecule has 1 rings (SSSR count). The van der Waals surface area contributed by atoms with Crippen LogP contribution < -0.4 is 0 Å². The van der Waals surface area contributed by atoms with Gasteiger partial charge in [0.1, 0.15) is 0 Å². The fourth-order valence-corrected chi connectivity index (χ4v) is 2.19.